The SMILES string of the molecule is CN(C)c1ccc(CNC(=O)C[NH+]2CCc3sccc3[C@@H]2c2cccs2)cc1. The predicted octanol–water partition coefficient (Wildman–Crippen LogP) is 2.72. The molecule has 0 radical (unpaired) electrons. The van der Waals surface area contributed by atoms with Gasteiger partial charge in [-0.15, -0.1) is 22.7 Å². The predicted molar refractivity (Wildman–Crippen MR) is 117 cm³/mol. The zero-order valence-electron chi connectivity index (χ0n) is 16.3. The van der Waals surface area contributed by atoms with Crippen molar-refractivity contribution in [1.29, 1.82) is 0 Å². The van der Waals surface area contributed by atoms with Gasteiger partial charge in [-0.25, -0.2) is 0 Å². The van der Waals surface area contributed by atoms with Crippen LogP contribution in [0.1, 0.15) is 26.9 Å². The molecule has 1 amide bonds. The van der Waals surface area contributed by atoms with Crippen LogP contribution in [0.5, 0.6) is 0 Å². The van der Waals surface area contributed by atoms with Crippen molar-refractivity contribution in [2.24, 2.45) is 0 Å². The maximum atomic E-state index is 12.7. The number of hydrogen-bond donors (Lipinski definition) is 2. The van der Waals surface area contributed by atoms with Gasteiger partial charge in [0.15, 0.2) is 6.54 Å². The third-order valence-corrected chi connectivity index (χ3v) is 7.26. The topological polar surface area (TPSA) is 36.8 Å². The molecule has 2 atom stereocenters. The zero-order chi connectivity index (χ0) is 19.5. The largest absolute Gasteiger partial charge is 0.378 e. The Hall–Kier alpha value is -2.15. The number of hydrogen-bond acceptors (Lipinski definition) is 4. The summed E-state index contributed by atoms with van der Waals surface area (Å²) >= 11 is 3.63. The molecule has 0 fully saturated rings. The van der Waals surface area contributed by atoms with Crippen molar-refractivity contribution in [2.75, 3.05) is 32.1 Å². The molecule has 4 rings (SSSR count). The molecule has 3 aromatic rings. The minimum absolute atomic E-state index is 0.118. The molecule has 0 bridgehead atoms. The maximum absolute atomic E-state index is 12.7. The van der Waals surface area contributed by atoms with Crippen LogP contribution in [0.2, 0.25) is 0 Å². The van der Waals surface area contributed by atoms with Crippen molar-refractivity contribution < 1.29 is 9.69 Å². The molecule has 146 valence electrons. The average Bonchev–Trinajstić information content (AvgIpc) is 3.38. The number of carbonyl (C=O) groups is 1. The smallest absolute Gasteiger partial charge is 0.275 e. The molecular formula is C22H26N3OS2+. The second-order valence-electron chi connectivity index (χ2n) is 7.42. The maximum Gasteiger partial charge on any atom is 0.275 e. The quantitative estimate of drug-likeness (QED) is 0.653. The molecule has 6 heteroatoms. The van der Waals surface area contributed by atoms with Crippen molar-refractivity contribution in [3.63, 3.8) is 0 Å². The van der Waals surface area contributed by atoms with Crippen molar-refractivity contribution in [1.82, 2.24) is 5.32 Å². The van der Waals surface area contributed by atoms with Crippen molar-refractivity contribution >= 4 is 34.3 Å². The minimum Gasteiger partial charge on any atom is -0.378 e. The fraction of sp³-hybridized carbons (Fsp3) is 0.318. The Kier molecular flexibility index (Phi) is 5.80. The molecule has 1 aliphatic heterocycles. The van der Waals surface area contributed by atoms with Crippen LogP contribution in [0.25, 0.3) is 0 Å². The number of nitrogens with zero attached hydrogens (tertiary/aromatic N) is 1. The lowest BCUT2D eigenvalue weighted by atomic mass is 9.98. The van der Waals surface area contributed by atoms with Gasteiger partial charge in [0.25, 0.3) is 5.91 Å². The van der Waals surface area contributed by atoms with E-state index in [1.165, 1.54) is 20.2 Å². The number of nitrogens with one attached hydrogen (secondary N) is 2. The third-order valence-electron chi connectivity index (χ3n) is 5.33. The first kappa shape index (κ1) is 19.2. The molecule has 1 aliphatic rings. The number of anilines is 1. The summed E-state index contributed by atoms with van der Waals surface area (Å²) in [7, 11) is 4.06. The van der Waals surface area contributed by atoms with Gasteiger partial charge in [0, 0.05) is 43.2 Å². The Bertz CT molecular complexity index is 916. The summed E-state index contributed by atoms with van der Waals surface area (Å²) in [4.78, 5) is 18.9. The van der Waals surface area contributed by atoms with Crippen LogP contribution in [0, 0.1) is 0 Å². The first-order chi connectivity index (χ1) is 13.6. The van der Waals surface area contributed by atoms with Gasteiger partial charge in [-0.05, 0) is 40.6 Å². The summed E-state index contributed by atoms with van der Waals surface area (Å²) in [5, 5.41) is 7.43. The van der Waals surface area contributed by atoms with E-state index in [9.17, 15) is 4.79 Å². The van der Waals surface area contributed by atoms with Gasteiger partial charge in [-0.3, -0.25) is 4.79 Å². The van der Waals surface area contributed by atoms with Crippen LogP contribution in [0.3, 0.4) is 0 Å². The molecule has 1 unspecified atom stereocenters. The van der Waals surface area contributed by atoms with E-state index in [-0.39, 0.29) is 11.9 Å². The fourth-order valence-electron chi connectivity index (χ4n) is 3.83. The van der Waals surface area contributed by atoms with E-state index in [1.807, 2.05) is 25.4 Å². The third kappa shape index (κ3) is 4.14. The standard InChI is InChI=1S/C22H25N3OS2/c1-24(2)17-7-5-16(6-8-17)14-23-21(26)15-25-11-9-19-18(10-13-28-19)22(25)20-4-3-12-27-20/h3-8,10,12-13,22H,9,11,14-15H2,1-2H3,(H,23,26)/p+1/t22-/m1/s1. The highest BCUT2D eigenvalue weighted by atomic mass is 32.1. The van der Waals surface area contributed by atoms with Gasteiger partial charge < -0.3 is 15.1 Å². The lowest BCUT2D eigenvalue weighted by Gasteiger charge is -2.31. The van der Waals surface area contributed by atoms with Gasteiger partial charge in [-0.1, -0.05) is 18.2 Å². The molecule has 2 aromatic heterocycles. The number of thiophene rings is 2. The number of quaternary nitrogens is 1. The van der Waals surface area contributed by atoms with Gasteiger partial charge in [0.1, 0.15) is 6.04 Å². The van der Waals surface area contributed by atoms with Crippen molar-refractivity contribution in [3.8, 4) is 0 Å². The molecule has 2 N–H and O–H groups in total. The van der Waals surface area contributed by atoms with E-state index in [1.54, 1.807) is 11.3 Å². The molecule has 4 nitrogen and oxygen atoms in total. The monoisotopic (exact) mass is 412 g/mol. The van der Waals surface area contributed by atoms with Gasteiger partial charge >= 0.3 is 0 Å². The normalized spacial score (nSPS) is 18.5. The first-order valence-electron chi connectivity index (χ1n) is 9.59. The Balaban J connectivity index is 1.40. The fourth-order valence-corrected chi connectivity index (χ4v) is 5.65. The van der Waals surface area contributed by atoms with Crippen LogP contribution in [0.4, 0.5) is 5.69 Å². The summed E-state index contributed by atoms with van der Waals surface area (Å²) in [5.41, 5.74) is 3.70. The van der Waals surface area contributed by atoms with E-state index in [0.717, 1.165) is 24.2 Å². The number of fused-ring (bicyclic) bond motifs is 1. The van der Waals surface area contributed by atoms with Crippen LogP contribution in [-0.2, 0) is 17.8 Å². The zero-order valence-corrected chi connectivity index (χ0v) is 17.9. The summed E-state index contributed by atoms with van der Waals surface area (Å²) in [6.45, 7) is 2.09. The number of rotatable bonds is 6. The Labute approximate surface area is 174 Å². The van der Waals surface area contributed by atoms with Crippen LogP contribution >= 0.6 is 22.7 Å². The lowest BCUT2D eigenvalue weighted by molar-refractivity contribution is -0.919. The molecule has 0 aliphatic carbocycles. The molecule has 0 spiro atoms. The second kappa shape index (κ2) is 8.47. The van der Waals surface area contributed by atoms with Crippen LogP contribution in [0.15, 0.2) is 53.2 Å². The Morgan fingerprint density at radius 2 is 1.96 bits per heavy atom. The average molecular weight is 413 g/mol. The molecule has 1 aromatic carbocycles. The van der Waals surface area contributed by atoms with Gasteiger partial charge in [-0.2, -0.15) is 0 Å². The molecule has 3 heterocycles. The molecule has 0 saturated heterocycles. The molecule has 0 saturated carbocycles. The van der Waals surface area contributed by atoms with Crippen LogP contribution < -0.4 is 15.1 Å². The van der Waals surface area contributed by atoms with Crippen molar-refractivity contribution in [3.05, 3.63) is 74.1 Å². The number of benzene rings is 1. The van der Waals surface area contributed by atoms with E-state index in [2.05, 4.69) is 63.4 Å². The Morgan fingerprint density at radius 3 is 2.68 bits per heavy atom. The van der Waals surface area contributed by atoms with E-state index in [4.69, 9.17) is 0 Å². The van der Waals surface area contributed by atoms with E-state index >= 15 is 0 Å². The van der Waals surface area contributed by atoms with Crippen molar-refractivity contribution in [2.45, 2.75) is 19.0 Å². The van der Waals surface area contributed by atoms with E-state index < -0.39 is 0 Å². The molecule has 28 heavy (non-hydrogen) atoms. The van der Waals surface area contributed by atoms with Gasteiger partial charge in [0.05, 0.1) is 11.4 Å². The highest BCUT2D eigenvalue weighted by Gasteiger charge is 2.34. The van der Waals surface area contributed by atoms with Crippen LogP contribution in [-0.4, -0.2) is 33.1 Å². The second-order valence-corrected chi connectivity index (χ2v) is 9.40. The lowest BCUT2D eigenvalue weighted by Crippen LogP contribution is -3.14. The minimum atomic E-state index is 0.118. The summed E-state index contributed by atoms with van der Waals surface area (Å²) in [6, 6.07) is 15.2. The highest BCUT2D eigenvalue weighted by molar-refractivity contribution is 7.10. The Morgan fingerprint density at radius 1 is 1.14 bits per heavy atom. The summed E-state index contributed by atoms with van der Waals surface area (Å²) < 4.78 is 0. The highest BCUT2D eigenvalue weighted by Crippen LogP contribution is 2.31. The molecular weight excluding hydrogens is 386 g/mol. The number of amides is 1. The number of carbonyl (C=O) groups excluding carboxylic acids is 1. The summed E-state index contributed by atoms with van der Waals surface area (Å²) in [6.07, 6.45) is 1.06. The summed E-state index contributed by atoms with van der Waals surface area (Å²) in [5.74, 6) is 0.118. The first-order valence-corrected chi connectivity index (χ1v) is 11.3. The van der Waals surface area contributed by atoms with E-state index in [0.29, 0.717) is 13.1 Å². The van der Waals surface area contributed by atoms with Gasteiger partial charge in [0.2, 0.25) is 0 Å².